The third kappa shape index (κ3) is 4.19. The predicted octanol–water partition coefficient (Wildman–Crippen LogP) is 3.20. The number of benzene rings is 1. The molecule has 124 valence electrons. The van der Waals surface area contributed by atoms with Gasteiger partial charge in [-0.3, -0.25) is 0 Å². The van der Waals surface area contributed by atoms with Crippen LogP contribution < -0.4 is 4.74 Å². The Bertz CT molecular complexity index is 579. The quantitative estimate of drug-likeness (QED) is 0.616. The summed E-state index contributed by atoms with van der Waals surface area (Å²) in [6.07, 6.45) is 3.74. The van der Waals surface area contributed by atoms with E-state index in [1.54, 1.807) is 7.11 Å². The van der Waals surface area contributed by atoms with Crippen molar-refractivity contribution in [2.24, 2.45) is 9.98 Å². The van der Waals surface area contributed by atoms with E-state index >= 15 is 0 Å². The normalized spacial score (nSPS) is 21.1. The molecule has 2 saturated heterocycles. The summed E-state index contributed by atoms with van der Waals surface area (Å²) in [6.45, 7) is 3.14. The van der Waals surface area contributed by atoms with Gasteiger partial charge in [-0.1, -0.05) is 11.8 Å². The predicted molar refractivity (Wildman–Crippen MR) is 98.0 cm³/mol. The highest BCUT2D eigenvalue weighted by Crippen LogP contribution is 2.22. The summed E-state index contributed by atoms with van der Waals surface area (Å²) in [5, 5.41) is 1.07. The highest BCUT2D eigenvalue weighted by atomic mass is 32.2. The smallest absolute Gasteiger partial charge is 0.228 e. The maximum atomic E-state index is 5.22. The molecule has 6 heteroatoms. The van der Waals surface area contributed by atoms with Crippen LogP contribution in [0.5, 0.6) is 5.75 Å². The van der Waals surface area contributed by atoms with Crippen molar-refractivity contribution >= 4 is 28.6 Å². The molecule has 0 amide bonds. The van der Waals surface area contributed by atoms with Gasteiger partial charge in [0.05, 0.1) is 12.8 Å². The van der Waals surface area contributed by atoms with Gasteiger partial charge in [0.15, 0.2) is 5.17 Å². The summed E-state index contributed by atoms with van der Waals surface area (Å²) in [4.78, 5) is 14.2. The van der Waals surface area contributed by atoms with Crippen molar-refractivity contribution in [1.82, 2.24) is 9.80 Å². The SMILES string of the molecule is COc1ccc(N=C(N=C2SCCN2C)N2CCCCC2)cc1. The molecule has 0 N–H and O–H groups in total. The first-order valence-electron chi connectivity index (χ1n) is 8.16. The van der Waals surface area contributed by atoms with Gasteiger partial charge in [-0.2, -0.15) is 4.99 Å². The Labute approximate surface area is 142 Å². The molecule has 0 spiro atoms. The van der Waals surface area contributed by atoms with E-state index in [1.807, 2.05) is 36.0 Å². The Kier molecular flexibility index (Phi) is 5.43. The lowest BCUT2D eigenvalue weighted by Crippen LogP contribution is -2.35. The fourth-order valence-electron chi connectivity index (χ4n) is 2.72. The number of hydrogen-bond acceptors (Lipinski definition) is 3. The Morgan fingerprint density at radius 2 is 1.83 bits per heavy atom. The number of aliphatic imine (C=N–C) groups is 2. The van der Waals surface area contributed by atoms with Gasteiger partial charge in [-0.15, -0.1) is 0 Å². The summed E-state index contributed by atoms with van der Waals surface area (Å²) in [5.74, 6) is 2.79. The van der Waals surface area contributed by atoms with E-state index in [0.29, 0.717) is 0 Å². The average Bonchev–Trinajstić information content (AvgIpc) is 3.00. The van der Waals surface area contributed by atoms with Crippen LogP contribution >= 0.6 is 11.8 Å². The number of methoxy groups -OCH3 is 1. The minimum atomic E-state index is 0.839. The first-order valence-corrected chi connectivity index (χ1v) is 9.15. The van der Waals surface area contributed by atoms with Crippen molar-refractivity contribution in [3.63, 3.8) is 0 Å². The molecular formula is C17H24N4OS. The Balaban J connectivity index is 1.87. The van der Waals surface area contributed by atoms with Crippen LogP contribution in [0, 0.1) is 0 Å². The number of rotatable bonds is 2. The van der Waals surface area contributed by atoms with Gasteiger partial charge in [-0.05, 0) is 43.5 Å². The molecule has 2 heterocycles. The van der Waals surface area contributed by atoms with Gasteiger partial charge < -0.3 is 14.5 Å². The molecule has 0 aromatic heterocycles. The third-order valence-corrected chi connectivity index (χ3v) is 5.17. The summed E-state index contributed by atoms with van der Waals surface area (Å²) in [6, 6.07) is 7.84. The van der Waals surface area contributed by atoms with Crippen molar-refractivity contribution in [2.45, 2.75) is 19.3 Å². The topological polar surface area (TPSA) is 40.4 Å². The lowest BCUT2D eigenvalue weighted by atomic mass is 10.1. The maximum Gasteiger partial charge on any atom is 0.228 e. The monoisotopic (exact) mass is 332 g/mol. The number of piperidine rings is 1. The zero-order valence-corrected chi connectivity index (χ0v) is 14.7. The van der Waals surface area contributed by atoms with Crippen molar-refractivity contribution in [3.05, 3.63) is 24.3 Å². The van der Waals surface area contributed by atoms with Gasteiger partial charge in [0.25, 0.3) is 0 Å². The minimum absolute atomic E-state index is 0.839. The molecule has 0 aliphatic carbocycles. The molecule has 0 unspecified atom stereocenters. The number of amidine groups is 1. The van der Waals surface area contributed by atoms with Crippen molar-refractivity contribution < 1.29 is 4.74 Å². The lowest BCUT2D eigenvalue weighted by Gasteiger charge is -2.28. The zero-order chi connectivity index (χ0) is 16.1. The molecule has 0 bridgehead atoms. The molecule has 2 aliphatic heterocycles. The molecule has 5 nitrogen and oxygen atoms in total. The molecule has 1 aromatic rings. The molecule has 0 radical (unpaired) electrons. The fraction of sp³-hybridized carbons (Fsp3) is 0.529. The van der Waals surface area contributed by atoms with E-state index in [4.69, 9.17) is 14.7 Å². The zero-order valence-electron chi connectivity index (χ0n) is 13.9. The summed E-state index contributed by atoms with van der Waals surface area (Å²) in [7, 11) is 3.77. The van der Waals surface area contributed by atoms with Crippen LogP contribution in [-0.4, -0.2) is 60.5 Å². The molecule has 23 heavy (non-hydrogen) atoms. The van der Waals surface area contributed by atoms with Gasteiger partial charge in [-0.25, -0.2) is 4.99 Å². The van der Waals surface area contributed by atoms with Gasteiger partial charge in [0.1, 0.15) is 5.75 Å². The second-order valence-corrected chi connectivity index (χ2v) is 6.88. The van der Waals surface area contributed by atoms with Crippen LogP contribution in [0.3, 0.4) is 0 Å². The maximum absolute atomic E-state index is 5.22. The number of ether oxygens (including phenoxy) is 1. The number of guanidine groups is 1. The van der Waals surface area contributed by atoms with E-state index < -0.39 is 0 Å². The van der Waals surface area contributed by atoms with Gasteiger partial charge in [0.2, 0.25) is 5.96 Å². The van der Waals surface area contributed by atoms with E-state index in [2.05, 4.69) is 16.8 Å². The van der Waals surface area contributed by atoms with Crippen LogP contribution in [0.2, 0.25) is 0 Å². The van der Waals surface area contributed by atoms with E-state index in [9.17, 15) is 0 Å². The summed E-state index contributed by atoms with van der Waals surface area (Å²) < 4.78 is 5.22. The molecule has 0 atom stereocenters. The lowest BCUT2D eigenvalue weighted by molar-refractivity contribution is 0.339. The number of hydrogen-bond donors (Lipinski definition) is 0. The third-order valence-electron chi connectivity index (χ3n) is 4.12. The van der Waals surface area contributed by atoms with Crippen LogP contribution in [-0.2, 0) is 0 Å². The number of thioether (sulfide) groups is 1. The van der Waals surface area contributed by atoms with E-state index in [0.717, 1.165) is 48.0 Å². The largest absolute Gasteiger partial charge is 0.497 e. The molecular weight excluding hydrogens is 308 g/mol. The van der Waals surface area contributed by atoms with Gasteiger partial charge >= 0.3 is 0 Å². The van der Waals surface area contributed by atoms with Crippen LogP contribution in [0.25, 0.3) is 0 Å². The van der Waals surface area contributed by atoms with Crippen LogP contribution in [0.15, 0.2) is 34.3 Å². The number of nitrogens with zero attached hydrogens (tertiary/aromatic N) is 4. The molecule has 0 saturated carbocycles. The van der Waals surface area contributed by atoms with Crippen LogP contribution in [0.1, 0.15) is 19.3 Å². The van der Waals surface area contributed by atoms with Gasteiger partial charge in [0, 0.05) is 32.4 Å². The Hall–Kier alpha value is -1.69. The highest BCUT2D eigenvalue weighted by molar-refractivity contribution is 8.14. The molecule has 2 aliphatic rings. The summed E-state index contributed by atoms with van der Waals surface area (Å²) in [5.41, 5.74) is 0.918. The van der Waals surface area contributed by atoms with Crippen LogP contribution in [0.4, 0.5) is 5.69 Å². The Morgan fingerprint density at radius 3 is 2.43 bits per heavy atom. The average molecular weight is 332 g/mol. The standard InChI is InChI=1S/C17H24N4OS/c1-20-12-13-23-17(20)19-16(21-10-4-3-5-11-21)18-14-6-8-15(22-2)9-7-14/h6-9H,3-5,10-13H2,1-2H3. The molecule has 2 fully saturated rings. The van der Waals surface area contributed by atoms with Crippen molar-refractivity contribution in [1.29, 1.82) is 0 Å². The molecule has 1 aromatic carbocycles. The first kappa shape index (κ1) is 16.2. The highest BCUT2D eigenvalue weighted by Gasteiger charge is 2.20. The first-order chi connectivity index (χ1) is 11.3. The minimum Gasteiger partial charge on any atom is -0.497 e. The fourth-order valence-corrected chi connectivity index (χ4v) is 3.72. The van der Waals surface area contributed by atoms with Crippen molar-refractivity contribution in [3.8, 4) is 5.75 Å². The second-order valence-electron chi connectivity index (χ2n) is 5.82. The van der Waals surface area contributed by atoms with E-state index in [1.165, 1.54) is 19.3 Å². The van der Waals surface area contributed by atoms with E-state index in [-0.39, 0.29) is 0 Å². The second kappa shape index (κ2) is 7.73. The number of likely N-dealkylation sites (tertiary alicyclic amines) is 1. The Morgan fingerprint density at radius 1 is 1.09 bits per heavy atom. The molecule has 3 rings (SSSR count). The van der Waals surface area contributed by atoms with Crippen molar-refractivity contribution in [2.75, 3.05) is 39.5 Å². The summed E-state index contributed by atoms with van der Waals surface area (Å²) >= 11 is 1.81.